The number of halogens is 5. The number of carbonyl (C=O) groups excluding carboxylic acids is 1. The topological polar surface area (TPSA) is 60.5 Å². The highest BCUT2D eigenvalue weighted by molar-refractivity contribution is 5.86. The number of aromatic nitrogens is 1. The van der Waals surface area contributed by atoms with Crippen molar-refractivity contribution < 1.29 is 13.6 Å². The van der Waals surface area contributed by atoms with Crippen molar-refractivity contribution in [3.8, 4) is 0 Å². The lowest BCUT2D eigenvalue weighted by Gasteiger charge is -2.33. The van der Waals surface area contributed by atoms with Crippen molar-refractivity contribution in [1.29, 1.82) is 0 Å². The van der Waals surface area contributed by atoms with Crippen molar-refractivity contribution in [2.75, 3.05) is 44.7 Å². The molecule has 2 saturated heterocycles. The van der Waals surface area contributed by atoms with E-state index in [0.29, 0.717) is 6.54 Å². The number of hydrogen-bond donors (Lipinski definition) is 2. The van der Waals surface area contributed by atoms with Crippen LogP contribution in [0.25, 0.3) is 0 Å². The molecule has 1 aromatic heterocycles. The Balaban J connectivity index is 0.00000225. The predicted octanol–water partition coefficient (Wildman–Crippen LogP) is 1.71. The Labute approximate surface area is 176 Å². The lowest BCUT2D eigenvalue weighted by molar-refractivity contribution is -0.123. The van der Waals surface area contributed by atoms with Gasteiger partial charge in [-0.25, -0.2) is 13.8 Å². The van der Waals surface area contributed by atoms with E-state index >= 15 is 0 Å². The maximum Gasteiger partial charge on any atom is 0.262 e. The Kier molecular flexibility index (Phi) is 10.8. The molecule has 0 bridgehead atoms. The molecule has 1 amide bonds. The molecule has 0 radical (unpaired) electrons. The Morgan fingerprint density at radius 3 is 2.56 bits per heavy atom. The third kappa shape index (κ3) is 7.19. The molecule has 0 saturated carbocycles. The van der Waals surface area contributed by atoms with Gasteiger partial charge in [0.25, 0.3) is 5.92 Å². The molecular formula is C16H26Cl3F2N5O. The van der Waals surface area contributed by atoms with Crippen molar-refractivity contribution >= 4 is 48.9 Å². The third-order valence-electron chi connectivity index (χ3n) is 4.53. The van der Waals surface area contributed by atoms with Gasteiger partial charge in [0.1, 0.15) is 5.82 Å². The van der Waals surface area contributed by atoms with Crippen LogP contribution in [0.5, 0.6) is 0 Å². The highest BCUT2D eigenvalue weighted by Crippen LogP contribution is 2.25. The molecule has 1 unspecified atom stereocenters. The second-order valence-corrected chi connectivity index (χ2v) is 6.52. The number of alkyl halides is 2. The van der Waals surface area contributed by atoms with Crippen LogP contribution in [0.4, 0.5) is 14.6 Å². The van der Waals surface area contributed by atoms with Gasteiger partial charge >= 0.3 is 0 Å². The van der Waals surface area contributed by atoms with E-state index in [1.165, 1.54) is 0 Å². The van der Waals surface area contributed by atoms with Crippen LogP contribution in [0.3, 0.4) is 0 Å². The Morgan fingerprint density at radius 1 is 1.30 bits per heavy atom. The highest BCUT2D eigenvalue weighted by atomic mass is 35.5. The van der Waals surface area contributed by atoms with E-state index in [-0.39, 0.29) is 43.1 Å². The fraction of sp³-hybridized carbons (Fsp3) is 0.625. The summed E-state index contributed by atoms with van der Waals surface area (Å²) in [5.74, 6) is -2.29. The number of carbonyl (C=O) groups is 1. The first-order valence-corrected chi connectivity index (χ1v) is 8.20. The zero-order valence-electron chi connectivity index (χ0n) is 15.0. The molecule has 2 aliphatic heterocycles. The largest absolute Gasteiger partial charge is 0.354 e. The third-order valence-corrected chi connectivity index (χ3v) is 4.53. The van der Waals surface area contributed by atoms with E-state index in [0.717, 1.165) is 37.6 Å². The first kappa shape index (κ1) is 26.1. The molecule has 2 aliphatic rings. The molecule has 1 aromatic rings. The molecular weight excluding hydrogens is 423 g/mol. The lowest BCUT2D eigenvalue weighted by atomic mass is 10.1. The standard InChI is InChI=1S/C16H23F2N5O.3ClH/c1-22-4-6-23(7-5-22)14-8-12(2-3-19-14)10-20-15(24)13-9-16(17,18)11-21-13;;;/h2-3,8,13,21H,4-7,9-11H2,1H3,(H,20,24);3*1H. The number of nitrogens with one attached hydrogen (secondary N) is 2. The van der Waals surface area contributed by atoms with Gasteiger partial charge in [-0.1, -0.05) is 0 Å². The summed E-state index contributed by atoms with van der Waals surface area (Å²) in [7, 11) is 2.09. The van der Waals surface area contributed by atoms with Gasteiger partial charge in [0, 0.05) is 45.3 Å². The van der Waals surface area contributed by atoms with Crippen LogP contribution in [0.2, 0.25) is 0 Å². The number of likely N-dealkylation sites (N-methyl/N-ethyl adjacent to an activating group) is 1. The molecule has 3 heterocycles. The summed E-state index contributed by atoms with van der Waals surface area (Å²) in [6.07, 6.45) is 1.28. The van der Waals surface area contributed by atoms with Gasteiger partial charge in [-0.05, 0) is 24.7 Å². The summed E-state index contributed by atoms with van der Waals surface area (Å²) in [6, 6.07) is 2.96. The average molecular weight is 449 g/mol. The summed E-state index contributed by atoms with van der Waals surface area (Å²) in [5.41, 5.74) is 0.914. The van der Waals surface area contributed by atoms with Crippen LogP contribution < -0.4 is 15.5 Å². The van der Waals surface area contributed by atoms with Gasteiger partial charge in [0.05, 0.1) is 12.6 Å². The van der Waals surface area contributed by atoms with Crippen molar-refractivity contribution in [2.24, 2.45) is 0 Å². The fourth-order valence-electron chi connectivity index (χ4n) is 2.99. The van der Waals surface area contributed by atoms with E-state index in [9.17, 15) is 13.6 Å². The van der Waals surface area contributed by atoms with Crippen LogP contribution >= 0.6 is 37.2 Å². The van der Waals surface area contributed by atoms with E-state index < -0.39 is 24.9 Å². The number of amides is 1. The molecule has 156 valence electrons. The van der Waals surface area contributed by atoms with Gasteiger partial charge in [-0.3, -0.25) is 10.1 Å². The van der Waals surface area contributed by atoms with E-state index in [1.54, 1.807) is 6.20 Å². The minimum atomic E-state index is -2.80. The van der Waals surface area contributed by atoms with Crippen molar-refractivity contribution in [3.05, 3.63) is 23.9 Å². The molecule has 2 fully saturated rings. The van der Waals surface area contributed by atoms with E-state index in [2.05, 4.69) is 32.5 Å². The lowest BCUT2D eigenvalue weighted by Crippen LogP contribution is -2.44. The molecule has 6 nitrogen and oxygen atoms in total. The van der Waals surface area contributed by atoms with E-state index in [4.69, 9.17) is 0 Å². The van der Waals surface area contributed by atoms with Crippen LogP contribution in [0.1, 0.15) is 12.0 Å². The molecule has 11 heteroatoms. The Hall–Kier alpha value is -0.930. The molecule has 3 rings (SSSR count). The van der Waals surface area contributed by atoms with Crippen LogP contribution in [-0.4, -0.2) is 67.5 Å². The molecule has 0 aliphatic carbocycles. The van der Waals surface area contributed by atoms with Crippen LogP contribution in [0, 0.1) is 0 Å². The molecule has 1 atom stereocenters. The van der Waals surface area contributed by atoms with Crippen molar-refractivity contribution in [1.82, 2.24) is 20.5 Å². The van der Waals surface area contributed by atoms with Crippen molar-refractivity contribution in [3.63, 3.8) is 0 Å². The van der Waals surface area contributed by atoms with Gasteiger partial charge in [0.15, 0.2) is 0 Å². The number of rotatable bonds is 4. The highest BCUT2D eigenvalue weighted by Gasteiger charge is 2.42. The summed E-state index contributed by atoms with van der Waals surface area (Å²) in [5, 5.41) is 5.29. The summed E-state index contributed by atoms with van der Waals surface area (Å²) in [6.45, 7) is 3.69. The second kappa shape index (κ2) is 11.2. The van der Waals surface area contributed by atoms with Gasteiger partial charge in [-0.2, -0.15) is 0 Å². The summed E-state index contributed by atoms with van der Waals surface area (Å²) < 4.78 is 26.3. The molecule has 2 N–H and O–H groups in total. The smallest absolute Gasteiger partial charge is 0.262 e. The summed E-state index contributed by atoms with van der Waals surface area (Å²) in [4.78, 5) is 20.9. The van der Waals surface area contributed by atoms with Crippen LogP contribution in [-0.2, 0) is 11.3 Å². The maximum absolute atomic E-state index is 13.1. The molecule has 0 aromatic carbocycles. The normalized spacial score (nSPS) is 21.4. The zero-order valence-corrected chi connectivity index (χ0v) is 17.4. The summed E-state index contributed by atoms with van der Waals surface area (Å²) >= 11 is 0. The second-order valence-electron chi connectivity index (χ2n) is 6.52. The maximum atomic E-state index is 13.1. The minimum Gasteiger partial charge on any atom is -0.354 e. The number of piperazine rings is 1. The van der Waals surface area contributed by atoms with Gasteiger partial charge in [-0.15, -0.1) is 37.2 Å². The Morgan fingerprint density at radius 2 is 1.96 bits per heavy atom. The number of anilines is 1. The molecule has 27 heavy (non-hydrogen) atoms. The molecule has 0 spiro atoms. The van der Waals surface area contributed by atoms with Crippen molar-refractivity contribution in [2.45, 2.75) is 24.9 Å². The van der Waals surface area contributed by atoms with Gasteiger partial charge in [0.2, 0.25) is 5.91 Å². The van der Waals surface area contributed by atoms with Gasteiger partial charge < -0.3 is 15.1 Å². The monoisotopic (exact) mass is 447 g/mol. The Bertz CT molecular complexity index is 603. The number of hydrogen-bond acceptors (Lipinski definition) is 5. The quantitative estimate of drug-likeness (QED) is 0.734. The first-order valence-electron chi connectivity index (χ1n) is 8.20. The predicted molar refractivity (Wildman–Crippen MR) is 109 cm³/mol. The first-order chi connectivity index (χ1) is 11.4. The minimum absolute atomic E-state index is 0. The average Bonchev–Trinajstić information content (AvgIpc) is 2.94. The zero-order chi connectivity index (χ0) is 17.2. The number of nitrogens with zero attached hydrogens (tertiary/aromatic N) is 3. The van der Waals surface area contributed by atoms with E-state index in [1.807, 2.05) is 12.1 Å². The fourth-order valence-corrected chi connectivity index (χ4v) is 2.99. The number of pyridine rings is 1. The SMILES string of the molecule is CN1CCN(c2cc(CNC(=O)C3CC(F)(F)CN3)ccn2)CC1.Cl.Cl.Cl. The van der Waals surface area contributed by atoms with Crippen LogP contribution in [0.15, 0.2) is 18.3 Å².